The monoisotopic (exact) mass is 364 g/mol. The highest BCUT2D eigenvalue weighted by Crippen LogP contribution is 2.38. The molecule has 8 nitrogen and oxygen atoms in total. The number of ether oxygens (including phenoxy) is 3. The number of benzene rings is 1. The van der Waals surface area contributed by atoms with Gasteiger partial charge in [0.1, 0.15) is 36.7 Å². The van der Waals surface area contributed by atoms with Crippen LogP contribution < -0.4 is 15.2 Å². The Hall–Kier alpha value is -3.78. The van der Waals surface area contributed by atoms with Crippen molar-refractivity contribution < 1.29 is 19.0 Å². The van der Waals surface area contributed by atoms with E-state index in [1.807, 2.05) is 12.1 Å². The highest BCUT2D eigenvalue weighted by molar-refractivity contribution is 5.84. The normalized spacial score (nSPS) is 12.0. The largest absolute Gasteiger partial charge is 0.486 e. The van der Waals surface area contributed by atoms with E-state index in [2.05, 4.69) is 4.98 Å². The number of carbonyl (C=O) groups is 1. The van der Waals surface area contributed by atoms with Gasteiger partial charge in [-0.1, -0.05) is 6.07 Å². The molecule has 0 fully saturated rings. The van der Waals surface area contributed by atoms with Gasteiger partial charge >= 0.3 is 5.97 Å². The van der Waals surface area contributed by atoms with Crippen molar-refractivity contribution >= 4 is 11.8 Å². The summed E-state index contributed by atoms with van der Waals surface area (Å²) in [5, 5.41) is 19.3. The molecule has 8 heteroatoms. The van der Waals surface area contributed by atoms with Crippen molar-refractivity contribution in [2.45, 2.75) is 13.3 Å². The molecule has 0 atom stereocenters. The molecule has 2 N–H and O–H groups in total. The van der Waals surface area contributed by atoms with E-state index in [-0.39, 0.29) is 35.7 Å². The first kappa shape index (κ1) is 18.0. The van der Waals surface area contributed by atoms with Crippen LogP contribution in [0, 0.1) is 22.7 Å². The molecule has 0 radical (unpaired) electrons. The number of anilines is 1. The first-order chi connectivity index (χ1) is 13.1. The van der Waals surface area contributed by atoms with Crippen LogP contribution >= 0.6 is 0 Å². The van der Waals surface area contributed by atoms with Crippen molar-refractivity contribution in [1.29, 1.82) is 10.5 Å². The molecule has 3 rings (SSSR count). The first-order valence-electron chi connectivity index (χ1n) is 8.27. The third-order valence-electron chi connectivity index (χ3n) is 3.97. The van der Waals surface area contributed by atoms with Crippen LogP contribution in [-0.2, 0) is 16.0 Å². The number of hydrogen-bond acceptors (Lipinski definition) is 8. The molecule has 136 valence electrons. The molecule has 0 saturated carbocycles. The number of nitrogen functional groups attached to an aromatic ring is 1. The third kappa shape index (κ3) is 3.46. The molecule has 1 aliphatic rings. The summed E-state index contributed by atoms with van der Waals surface area (Å²) in [4.78, 5) is 16.0. The molecular weight excluding hydrogens is 348 g/mol. The maximum Gasteiger partial charge on any atom is 0.311 e. The fourth-order valence-corrected chi connectivity index (χ4v) is 2.85. The van der Waals surface area contributed by atoms with Gasteiger partial charge in [0.25, 0.3) is 0 Å². The van der Waals surface area contributed by atoms with Crippen LogP contribution in [-0.4, -0.2) is 30.8 Å². The van der Waals surface area contributed by atoms with Crippen molar-refractivity contribution in [3.63, 3.8) is 0 Å². The Morgan fingerprint density at radius 3 is 2.59 bits per heavy atom. The van der Waals surface area contributed by atoms with E-state index in [0.29, 0.717) is 35.8 Å². The molecule has 0 aliphatic carbocycles. The number of carbonyl (C=O) groups excluding carboxylic acids is 1. The summed E-state index contributed by atoms with van der Waals surface area (Å²) in [5.74, 6) is 0.504. The third-order valence-corrected chi connectivity index (χ3v) is 3.97. The predicted octanol–water partition coefficient (Wildman–Crippen LogP) is 1.95. The first-order valence-corrected chi connectivity index (χ1v) is 8.27. The minimum absolute atomic E-state index is 0.0549. The Balaban J connectivity index is 2.19. The summed E-state index contributed by atoms with van der Waals surface area (Å²) in [6, 6.07) is 9.13. The van der Waals surface area contributed by atoms with Gasteiger partial charge in [0.05, 0.1) is 24.3 Å². The number of rotatable bonds is 4. The van der Waals surface area contributed by atoms with E-state index in [1.165, 1.54) is 0 Å². The topological polar surface area (TPSA) is 131 Å². The summed E-state index contributed by atoms with van der Waals surface area (Å²) in [6.45, 7) is 2.75. The van der Waals surface area contributed by atoms with Gasteiger partial charge in [0.15, 0.2) is 11.5 Å². The fourth-order valence-electron chi connectivity index (χ4n) is 2.85. The minimum Gasteiger partial charge on any atom is -0.486 e. The Morgan fingerprint density at radius 2 is 1.93 bits per heavy atom. The second-order valence-electron chi connectivity index (χ2n) is 5.63. The summed E-state index contributed by atoms with van der Waals surface area (Å²) in [6.07, 6.45) is -0.218. The van der Waals surface area contributed by atoms with Gasteiger partial charge in [-0.2, -0.15) is 10.5 Å². The van der Waals surface area contributed by atoms with Gasteiger partial charge in [-0.3, -0.25) is 4.79 Å². The molecule has 0 bridgehead atoms. The van der Waals surface area contributed by atoms with Crippen LogP contribution in [0.5, 0.6) is 11.5 Å². The van der Waals surface area contributed by atoms with E-state index in [4.69, 9.17) is 19.9 Å². The standard InChI is InChI=1S/C19H16N4O4/c1-2-25-17(24)8-14-12(9-20)18(13(10-21)19(22)23-14)11-3-4-15-16(7-11)27-6-5-26-15/h3-4,7H,2,5-6,8H2,1H3,(H2,22,23). The lowest BCUT2D eigenvalue weighted by Gasteiger charge is -2.20. The van der Waals surface area contributed by atoms with Crippen molar-refractivity contribution in [3.05, 3.63) is 35.0 Å². The quantitative estimate of drug-likeness (QED) is 0.814. The summed E-state index contributed by atoms with van der Waals surface area (Å²) in [7, 11) is 0. The van der Waals surface area contributed by atoms with Gasteiger partial charge in [-0.15, -0.1) is 0 Å². The number of hydrogen-bond donors (Lipinski definition) is 1. The molecule has 0 saturated heterocycles. The summed E-state index contributed by atoms with van der Waals surface area (Å²) in [5.41, 5.74) is 7.12. The lowest BCUT2D eigenvalue weighted by molar-refractivity contribution is -0.142. The second kappa shape index (κ2) is 7.63. The predicted molar refractivity (Wildman–Crippen MR) is 94.8 cm³/mol. The average Bonchev–Trinajstić information content (AvgIpc) is 2.67. The molecule has 27 heavy (non-hydrogen) atoms. The molecule has 0 spiro atoms. The maximum absolute atomic E-state index is 11.9. The number of nitrogens with two attached hydrogens (primary N) is 1. The van der Waals surface area contributed by atoms with Crippen LogP contribution in [0.1, 0.15) is 23.7 Å². The lowest BCUT2D eigenvalue weighted by atomic mass is 9.93. The van der Waals surface area contributed by atoms with E-state index in [1.54, 1.807) is 25.1 Å². The fraction of sp³-hybridized carbons (Fsp3) is 0.263. The highest BCUT2D eigenvalue weighted by Gasteiger charge is 2.23. The maximum atomic E-state index is 11.9. The van der Waals surface area contributed by atoms with Gasteiger partial charge in [0, 0.05) is 5.56 Å². The molecule has 2 heterocycles. The van der Waals surface area contributed by atoms with Crippen LogP contribution in [0.3, 0.4) is 0 Å². The van der Waals surface area contributed by atoms with Crippen LogP contribution in [0.25, 0.3) is 11.1 Å². The van der Waals surface area contributed by atoms with Crippen LogP contribution in [0.2, 0.25) is 0 Å². The van der Waals surface area contributed by atoms with Crippen LogP contribution in [0.15, 0.2) is 18.2 Å². The summed E-state index contributed by atoms with van der Waals surface area (Å²) < 4.78 is 16.0. The second-order valence-corrected chi connectivity index (χ2v) is 5.63. The summed E-state index contributed by atoms with van der Waals surface area (Å²) >= 11 is 0. The molecular formula is C19H16N4O4. The van der Waals surface area contributed by atoms with Gasteiger partial charge < -0.3 is 19.9 Å². The number of nitriles is 2. The molecule has 1 aromatic heterocycles. The zero-order valence-electron chi connectivity index (χ0n) is 14.6. The van der Waals surface area contributed by atoms with E-state index >= 15 is 0 Å². The van der Waals surface area contributed by atoms with E-state index in [9.17, 15) is 15.3 Å². The van der Waals surface area contributed by atoms with Crippen molar-refractivity contribution in [1.82, 2.24) is 4.98 Å². The lowest BCUT2D eigenvalue weighted by Crippen LogP contribution is -2.15. The van der Waals surface area contributed by atoms with E-state index in [0.717, 1.165) is 0 Å². The minimum atomic E-state index is -0.529. The number of nitrogens with zero attached hydrogens (tertiary/aromatic N) is 3. The van der Waals surface area contributed by atoms with Gasteiger partial charge in [-0.25, -0.2) is 4.98 Å². The highest BCUT2D eigenvalue weighted by atomic mass is 16.6. The molecule has 2 aromatic rings. The SMILES string of the molecule is CCOC(=O)Cc1nc(N)c(C#N)c(-c2ccc3c(c2)OCCO3)c1C#N. The number of fused-ring (bicyclic) bond motifs is 1. The molecule has 0 unspecified atom stereocenters. The average molecular weight is 364 g/mol. The van der Waals surface area contributed by atoms with Gasteiger partial charge in [0.2, 0.25) is 0 Å². The zero-order chi connectivity index (χ0) is 19.4. The number of pyridine rings is 1. The molecule has 1 aliphatic heterocycles. The van der Waals surface area contributed by atoms with Gasteiger partial charge in [-0.05, 0) is 24.6 Å². The van der Waals surface area contributed by atoms with E-state index < -0.39 is 5.97 Å². The Morgan fingerprint density at radius 1 is 1.22 bits per heavy atom. The zero-order valence-corrected chi connectivity index (χ0v) is 14.6. The van der Waals surface area contributed by atoms with Crippen molar-refractivity contribution in [3.8, 4) is 34.8 Å². The number of esters is 1. The Kier molecular flexibility index (Phi) is 5.09. The molecule has 1 aromatic carbocycles. The van der Waals surface area contributed by atoms with Crippen LogP contribution in [0.4, 0.5) is 5.82 Å². The smallest absolute Gasteiger partial charge is 0.311 e. The Labute approximate surface area is 155 Å². The van der Waals surface area contributed by atoms with Crippen molar-refractivity contribution in [2.75, 3.05) is 25.6 Å². The molecule has 0 amide bonds. The Bertz CT molecular complexity index is 989. The van der Waals surface area contributed by atoms with Crippen molar-refractivity contribution in [2.24, 2.45) is 0 Å². The number of aromatic nitrogens is 1.